The minimum Gasteiger partial charge on any atom is -0.482 e. The van der Waals surface area contributed by atoms with Crippen LogP contribution in [0.3, 0.4) is 0 Å². The van der Waals surface area contributed by atoms with E-state index in [4.69, 9.17) is 9.47 Å². The van der Waals surface area contributed by atoms with E-state index in [0.717, 1.165) is 24.8 Å². The number of ether oxygens (including phenoxy) is 2. The van der Waals surface area contributed by atoms with Crippen molar-refractivity contribution in [2.75, 3.05) is 11.9 Å². The lowest BCUT2D eigenvalue weighted by molar-refractivity contribution is -0.124. The zero-order valence-electron chi connectivity index (χ0n) is 17.4. The highest BCUT2D eigenvalue weighted by atomic mass is 16.6. The van der Waals surface area contributed by atoms with E-state index >= 15 is 0 Å². The fraction of sp³-hybridized carbons (Fsp3) is 0.571. The Hall–Kier alpha value is -2.77. The van der Waals surface area contributed by atoms with Crippen LogP contribution in [0.5, 0.6) is 5.75 Å². The Morgan fingerprint density at radius 3 is 2.66 bits per heavy atom. The molecule has 1 fully saturated rings. The molecule has 1 unspecified atom stereocenters. The van der Waals surface area contributed by atoms with Crippen LogP contribution in [-0.2, 0) is 14.3 Å². The normalized spacial score (nSPS) is 18.3. The summed E-state index contributed by atoms with van der Waals surface area (Å²) in [4.78, 5) is 36.3. The van der Waals surface area contributed by atoms with Gasteiger partial charge in [0.2, 0.25) is 5.91 Å². The van der Waals surface area contributed by atoms with E-state index in [1.165, 1.54) is 0 Å². The summed E-state index contributed by atoms with van der Waals surface area (Å²) in [5.74, 6) is 0.264. The van der Waals surface area contributed by atoms with E-state index in [0.29, 0.717) is 11.4 Å². The third kappa shape index (κ3) is 5.40. The van der Waals surface area contributed by atoms with Crippen LogP contribution in [0.2, 0.25) is 0 Å². The summed E-state index contributed by atoms with van der Waals surface area (Å²) < 4.78 is 10.7. The van der Waals surface area contributed by atoms with Crippen molar-refractivity contribution in [3.63, 3.8) is 0 Å². The van der Waals surface area contributed by atoms with Gasteiger partial charge < -0.3 is 25.4 Å². The molecule has 29 heavy (non-hydrogen) atoms. The molecule has 0 bridgehead atoms. The van der Waals surface area contributed by atoms with E-state index in [1.807, 2.05) is 13.0 Å². The number of carbonyl (C=O) groups is 3. The van der Waals surface area contributed by atoms with Gasteiger partial charge in [-0.3, -0.25) is 9.59 Å². The molecule has 8 nitrogen and oxygen atoms in total. The number of fused-ring (bicyclic) bond motifs is 1. The molecule has 2 aliphatic rings. The SMILES string of the molecule is CC(NC(=O)CC1(NC(=O)OC(C)(C)C)CCC1)c1ccc2c(c1)NC(=O)CO2. The summed E-state index contributed by atoms with van der Waals surface area (Å²) in [6.45, 7) is 7.30. The van der Waals surface area contributed by atoms with Gasteiger partial charge in [0.25, 0.3) is 5.91 Å². The third-order valence-electron chi connectivity index (χ3n) is 5.09. The van der Waals surface area contributed by atoms with Crippen LogP contribution < -0.4 is 20.7 Å². The number of hydrogen-bond donors (Lipinski definition) is 3. The maximum absolute atomic E-state index is 12.6. The summed E-state index contributed by atoms with van der Waals surface area (Å²) in [5, 5.41) is 8.63. The maximum atomic E-state index is 12.6. The molecule has 0 radical (unpaired) electrons. The molecule has 1 atom stereocenters. The standard InChI is InChI=1S/C21H29N3O5/c1-13(14-6-7-16-15(10-14)23-18(26)12-28-16)22-17(25)11-21(8-5-9-21)24-19(27)29-20(2,3)4/h6-7,10,13H,5,8-9,11-12H2,1-4H3,(H,22,25)(H,23,26)(H,24,27). The van der Waals surface area contributed by atoms with Gasteiger partial charge >= 0.3 is 6.09 Å². The first kappa shape index (κ1) is 21.0. The first-order valence-electron chi connectivity index (χ1n) is 9.92. The van der Waals surface area contributed by atoms with E-state index in [9.17, 15) is 14.4 Å². The summed E-state index contributed by atoms with van der Waals surface area (Å²) in [7, 11) is 0. The van der Waals surface area contributed by atoms with Crippen molar-refractivity contribution in [3.05, 3.63) is 23.8 Å². The Balaban J connectivity index is 1.59. The number of hydrogen-bond acceptors (Lipinski definition) is 5. The van der Waals surface area contributed by atoms with Crippen LogP contribution >= 0.6 is 0 Å². The molecular weight excluding hydrogens is 374 g/mol. The Kier molecular flexibility index (Phi) is 5.73. The van der Waals surface area contributed by atoms with Crippen LogP contribution in [0.4, 0.5) is 10.5 Å². The smallest absolute Gasteiger partial charge is 0.408 e. The second-order valence-electron chi connectivity index (χ2n) is 8.82. The van der Waals surface area contributed by atoms with Crippen molar-refractivity contribution in [1.29, 1.82) is 0 Å². The summed E-state index contributed by atoms with van der Waals surface area (Å²) in [5.41, 5.74) is 0.314. The molecule has 0 aromatic heterocycles. The van der Waals surface area contributed by atoms with Crippen molar-refractivity contribution < 1.29 is 23.9 Å². The van der Waals surface area contributed by atoms with Gasteiger partial charge in [0, 0.05) is 6.42 Å². The molecule has 158 valence electrons. The topological polar surface area (TPSA) is 106 Å². The predicted octanol–water partition coefficient (Wildman–Crippen LogP) is 3.03. The zero-order chi connectivity index (χ0) is 21.2. The zero-order valence-corrected chi connectivity index (χ0v) is 17.4. The highest BCUT2D eigenvalue weighted by Gasteiger charge is 2.41. The maximum Gasteiger partial charge on any atom is 0.408 e. The lowest BCUT2D eigenvalue weighted by Gasteiger charge is -2.42. The number of anilines is 1. The molecule has 1 aromatic rings. The Labute approximate surface area is 170 Å². The van der Waals surface area contributed by atoms with Gasteiger partial charge in [-0.05, 0) is 64.7 Å². The van der Waals surface area contributed by atoms with Crippen LogP contribution in [-0.4, -0.2) is 35.7 Å². The molecule has 8 heteroatoms. The van der Waals surface area contributed by atoms with Crippen LogP contribution in [0, 0.1) is 0 Å². The van der Waals surface area contributed by atoms with Crippen molar-refractivity contribution in [2.24, 2.45) is 0 Å². The van der Waals surface area contributed by atoms with Gasteiger partial charge in [0.15, 0.2) is 6.61 Å². The van der Waals surface area contributed by atoms with Gasteiger partial charge in [0.1, 0.15) is 11.4 Å². The number of rotatable bonds is 5. The molecule has 0 spiro atoms. The number of alkyl carbamates (subject to hydrolysis) is 1. The molecule has 0 saturated heterocycles. The lowest BCUT2D eigenvalue weighted by Crippen LogP contribution is -2.56. The summed E-state index contributed by atoms with van der Waals surface area (Å²) in [6, 6.07) is 5.18. The molecule has 3 rings (SSSR count). The van der Waals surface area contributed by atoms with Gasteiger partial charge in [0.05, 0.1) is 17.3 Å². The monoisotopic (exact) mass is 403 g/mol. The molecule has 1 aliphatic heterocycles. The van der Waals surface area contributed by atoms with E-state index in [2.05, 4.69) is 16.0 Å². The van der Waals surface area contributed by atoms with E-state index < -0.39 is 17.2 Å². The first-order chi connectivity index (χ1) is 13.6. The third-order valence-corrected chi connectivity index (χ3v) is 5.09. The van der Waals surface area contributed by atoms with Gasteiger partial charge in [-0.2, -0.15) is 0 Å². The Morgan fingerprint density at radius 1 is 1.31 bits per heavy atom. The largest absolute Gasteiger partial charge is 0.482 e. The average molecular weight is 403 g/mol. The number of amides is 3. The molecule has 1 saturated carbocycles. The van der Waals surface area contributed by atoms with E-state index in [-0.39, 0.29) is 30.9 Å². The molecule has 1 aliphatic carbocycles. The highest BCUT2D eigenvalue weighted by molar-refractivity contribution is 5.95. The minimum atomic E-state index is -0.586. The number of benzene rings is 1. The fourth-order valence-electron chi connectivity index (χ4n) is 3.52. The summed E-state index contributed by atoms with van der Waals surface area (Å²) in [6.07, 6.45) is 2.15. The van der Waals surface area contributed by atoms with Crippen LogP contribution in [0.25, 0.3) is 0 Å². The predicted molar refractivity (Wildman–Crippen MR) is 108 cm³/mol. The van der Waals surface area contributed by atoms with Crippen LogP contribution in [0.1, 0.15) is 65.0 Å². The molecule has 1 heterocycles. The lowest BCUT2D eigenvalue weighted by atomic mass is 9.74. The number of nitrogens with one attached hydrogen (secondary N) is 3. The second kappa shape index (κ2) is 7.93. The highest BCUT2D eigenvalue weighted by Crippen LogP contribution is 2.36. The minimum absolute atomic E-state index is 0.00532. The first-order valence-corrected chi connectivity index (χ1v) is 9.92. The molecule has 1 aromatic carbocycles. The summed E-state index contributed by atoms with van der Waals surface area (Å²) >= 11 is 0. The van der Waals surface area contributed by atoms with Crippen molar-refractivity contribution in [2.45, 2.75) is 70.6 Å². The van der Waals surface area contributed by atoms with Crippen molar-refractivity contribution in [3.8, 4) is 5.75 Å². The fourth-order valence-corrected chi connectivity index (χ4v) is 3.52. The second-order valence-corrected chi connectivity index (χ2v) is 8.82. The number of carbonyl (C=O) groups excluding carboxylic acids is 3. The van der Waals surface area contributed by atoms with Crippen molar-refractivity contribution in [1.82, 2.24) is 10.6 Å². The average Bonchev–Trinajstić information content (AvgIpc) is 2.57. The van der Waals surface area contributed by atoms with Crippen LogP contribution in [0.15, 0.2) is 18.2 Å². The van der Waals surface area contributed by atoms with E-state index in [1.54, 1.807) is 32.9 Å². The molecule has 3 N–H and O–H groups in total. The molecular formula is C21H29N3O5. The van der Waals surface area contributed by atoms with Gasteiger partial charge in [-0.1, -0.05) is 6.07 Å². The molecule has 3 amide bonds. The van der Waals surface area contributed by atoms with Gasteiger partial charge in [-0.15, -0.1) is 0 Å². The quantitative estimate of drug-likeness (QED) is 0.701. The Morgan fingerprint density at radius 2 is 2.03 bits per heavy atom. The van der Waals surface area contributed by atoms with Gasteiger partial charge in [-0.25, -0.2) is 4.79 Å². The Bertz CT molecular complexity index is 811. The van der Waals surface area contributed by atoms with Crippen molar-refractivity contribution >= 4 is 23.6 Å².